The molecule has 1 aromatic carbocycles. The predicted octanol–water partition coefficient (Wildman–Crippen LogP) is 2.31. The third-order valence-electron chi connectivity index (χ3n) is 4.16. The lowest BCUT2D eigenvalue weighted by atomic mass is 9.79. The van der Waals surface area contributed by atoms with Gasteiger partial charge in [0.15, 0.2) is 0 Å². The van der Waals surface area contributed by atoms with Crippen molar-refractivity contribution in [1.82, 2.24) is 10.2 Å². The van der Waals surface area contributed by atoms with Crippen LogP contribution in [0.3, 0.4) is 0 Å². The van der Waals surface area contributed by atoms with Crippen LogP contribution in [0.5, 0.6) is 5.75 Å². The molecular weight excluding hydrogens is 288 g/mol. The van der Waals surface area contributed by atoms with Gasteiger partial charge >= 0.3 is 0 Å². The summed E-state index contributed by atoms with van der Waals surface area (Å²) in [6, 6.07) is 6.04. The summed E-state index contributed by atoms with van der Waals surface area (Å²) in [6.07, 6.45) is 0. The first kappa shape index (κ1) is 16.6. The molecule has 0 spiro atoms. The highest BCUT2D eigenvalue weighted by Gasteiger charge is 2.35. The van der Waals surface area contributed by atoms with Crippen LogP contribution in [-0.2, 0) is 0 Å². The molecule has 4 nitrogen and oxygen atoms in total. The van der Waals surface area contributed by atoms with Gasteiger partial charge in [0.05, 0.1) is 12.1 Å². The van der Waals surface area contributed by atoms with Crippen LogP contribution in [0.1, 0.15) is 25.5 Å². The highest BCUT2D eigenvalue weighted by Crippen LogP contribution is 2.40. The first-order valence-corrected chi connectivity index (χ1v) is 7.76. The van der Waals surface area contributed by atoms with Gasteiger partial charge in [0.25, 0.3) is 0 Å². The first-order chi connectivity index (χ1) is 9.99. The summed E-state index contributed by atoms with van der Waals surface area (Å²) in [5, 5.41) is 13.8. The lowest BCUT2D eigenvalue weighted by Gasteiger charge is -2.43. The fraction of sp³-hybridized carbons (Fsp3) is 0.625. The Morgan fingerprint density at radius 2 is 2.05 bits per heavy atom. The molecule has 1 aliphatic heterocycles. The van der Waals surface area contributed by atoms with E-state index < -0.39 is 0 Å². The van der Waals surface area contributed by atoms with Gasteiger partial charge in [-0.1, -0.05) is 31.5 Å². The minimum Gasteiger partial charge on any atom is -0.495 e. The summed E-state index contributed by atoms with van der Waals surface area (Å²) >= 11 is 6.14. The monoisotopic (exact) mass is 312 g/mol. The Hall–Kier alpha value is -0.810. The summed E-state index contributed by atoms with van der Waals surface area (Å²) in [5.74, 6) is 0.683. The van der Waals surface area contributed by atoms with Crippen LogP contribution < -0.4 is 10.1 Å². The van der Waals surface area contributed by atoms with E-state index in [1.54, 1.807) is 7.11 Å². The van der Waals surface area contributed by atoms with Gasteiger partial charge in [-0.2, -0.15) is 0 Å². The molecule has 0 amide bonds. The summed E-state index contributed by atoms with van der Waals surface area (Å²) < 4.78 is 5.34. The normalized spacial score (nSPS) is 18.5. The van der Waals surface area contributed by atoms with Crippen molar-refractivity contribution in [1.29, 1.82) is 0 Å². The number of aliphatic hydroxyl groups excluding tert-OH is 1. The predicted molar refractivity (Wildman–Crippen MR) is 86.1 cm³/mol. The van der Waals surface area contributed by atoms with Crippen molar-refractivity contribution in [2.24, 2.45) is 5.41 Å². The summed E-state index contributed by atoms with van der Waals surface area (Å²) in [6.45, 7) is 8.22. The molecule has 0 bridgehead atoms. The molecule has 2 N–H and O–H groups in total. The van der Waals surface area contributed by atoms with Gasteiger partial charge in [-0.3, -0.25) is 4.90 Å². The Labute approximate surface area is 132 Å². The largest absolute Gasteiger partial charge is 0.495 e. The van der Waals surface area contributed by atoms with Crippen LogP contribution in [-0.4, -0.2) is 49.9 Å². The van der Waals surface area contributed by atoms with Crippen molar-refractivity contribution >= 4 is 11.6 Å². The number of ether oxygens (including phenoxy) is 1. The van der Waals surface area contributed by atoms with Crippen molar-refractivity contribution < 1.29 is 9.84 Å². The molecule has 118 valence electrons. The van der Waals surface area contributed by atoms with Gasteiger partial charge in [-0.05, 0) is 17.7 Å². The van der Waals surface area contributed by atoms with Crippen LogP contribution in [0.25, 0.3) is 0 Å². The van der Waals surface area contributed by atoms with Gasteiger partial charge in [-0.25, -0.2) is 0 Å². The molecule has 0 aliphatic carbocycles. The lowest BCUT2D eigenvalue weighted by molar-refractivity contribution is 0.0304. The lowest BCUT2D eigenvalue weighted by Crippen LogP contribution is -2.49. The Balaban J connectivity index is 2.38. The number of nitrogens with zero attached hydrogens (tertiary/aromatic N) is 1. The maximum absolute atomic E-state index is 9.84. The van der Waals surface area contributed by atoms with Gasteiger partial charge in [0, 0.05) is 44.2 Å². The molecule has 0 aromatic heterocycles. The highest BCUT2D eigenvalue weighted by atomic mass is 35.5. The molecule has 1 fully saturated rings. The van der Waals surface area contributed by atoms with Crippen molar-refractivity contribution in [2.45, 2.75) is 19.9 Å². The Morgan fingerprint density at radius 3 is 2.62 bits per heavy atom. The first-order valence-electron chi connectivity index (χ1n) is 7.38. The number of hydrogen-bond donors (Lipinski definition) is 2. The van der Waals surface area contributed by atoms with Gasteiger partial charge in [-0.15, -0.1) is 0 Å². The Morgan fingerprint density at radius 1 is 1.38 bits per heavy atom. The number of rotatable bonds is 5. The zero-order valence-electron chi connectivity index (χ0n) is 13.0. The molecule has 1 saturated heterocycles. The van der Waals surface area contributed by atoms with Gasteiger partial charge < -0.3 is 15.2 Å². The number of halogens is 1. The molecule has 1 heterocycles. The number of nitrogens with one attached hydrogen (secondary N) is 1. The minimum absolute atomic E-state index is 0.131. The van der Waals surface area contributed by atoms with Crippen LogP contribution in [0.4, 0.5) is 0 Å². The average molecular weight is 313 g/mol. The third-order valence-corrected chi connectivity index (χ3v) is 4.47. The van der Waals surface area contributed by atoms with Crippen molar-refractivity contribution in [2.75, 3.05) is 39.9 Å². The van der Waals surface area contributed by atoms with Gasteiger partial charge in [0.2, 0.25) is 0 Å². The summed E-state index contributed by atoms with van der Waals surface area (Å²) in [7, 11) is 1.63. The van der Waals surface area contributed by atoms with E-state index in [2.05, 4.69) is 24.1 Å². The molecule has 21 heavy (non-hydrogen) atoms. The Bertz CT molecular complexity index is 473. The number of hydrogen-bond acceptors (Lipinski definition) is 4. The fourth-order valence-corrected chi connectivity index (χ4v) is 3.22. The van der Waals surface area contributed by atoms with Crippen LogP contribution >= 0.6 is 11.6 Å². The molecule has 2 rings (SSSR count). The van der Waals surface area contributed by atoms with Crippen molar-refractivity contribution in [3.8, 4) is 5.75 Å². The van der Waals surface area contributed by atoms with E-state index in [9.17, 15) is 5.11 Å². The van der Waals surface area contributed by atoms with E-state index in [-0.39, 0.29) is 18.1 Å². The second-order valence-corrected chi connectivity index (χ2v) is 6.64. The smallest absolute Gasteiger partial charge is 0.137 e. The average Bonchev–Trinajstić information content (AvgIpc) is 2.50. The number of methoxy groups -OCH3 is 1. The quantitative estimate of drug-likeness (QED) is 0.876. The number of benzene rings is 1. The summed E-state index contributed by atoms with van der Waals surface area (Å²) in [4.78, 5) is 2.43. The topological polar surface area (TPSA) is 44.7 Å². The molecular formula is C16H25ClN2O2. The van der Waals surface area contributed by atoms with E-state index in [1.165, 1.54) is 0 Å². The minimum atomic E-state index is -0.240. The van der Waals surface area contributed by atoms with E-state index in [0.717, 1.165) is 31.7 Å². The second-order valence-electron chi connectivity index (χ2n) is 6.23. The fourth-order valence-electron chi connectivity index (χ4n) is 3.03. The van der Waals surface area contributed by atoms with E-state index in [0.29, 0.717) is 10.8 Å². The van der Waals surface area contributed by atoms with Crippen LogP contribution in [0.15, 0.2) is 18.2 Å². The molecule has 1 aromatic rings. The van der Waals surface area contributed by atoms with Crippen LogP contribution in [0, 0.1) is 5.41 Å². The van der Waals surface area contributed by atoms with E-state index in [4.69, 9.17) is 16.3 Å². The zero-order valence-corrected chi connectivity index (χ0v) is 13.8. The van der Waals surface area contributed by atoms with Crippen molar-refractivity contribution in [3.63, 3.8) is 0 Å². The molecule has 5 heteroatoms. The Kier molecular flexibility index (Phi) is 5.49. The molecule has 0 radical (unpaired) electrons. The zero-order chi connectivity index (χ0) is 15.5. The van der Waals surface area contributed by atoms with Crippen molar-refractivity contribution in [3.05, 3.63) is 28.8 Å². The molecule has 0 saturated carbocycles. The maximum Gasteiger partial charge on any atom is 0.137 e. The standard InChI is InChI=1S/C16H25ClN2O2/c1-16(2,11-20)15(19-8-6-18-7-9-19)12-4-5-13(17)14(10-12)21-3/h4-5,10,15,18,20H,6-9,11H2,1-3H3/t15-/m0/s1. The van der Waals surface area contributed by atoms with E-state index in [1.807, 2.05) is 18.2 Å². The number of piperazine rings is 1. The van der Waals surface area contributed by atoms with Crippen LogP contribution in [0.2, 0.25) is 5.02 Å². The SMILES string of the molecule is COc1cc([C@H](N2CCNCC2)C(C)(C)CO)ccc1Cl. The highest BCUT2D eigenvalue weighted by molar-refractivity contribution is 6.32. The molecule has 1 atom stereocenters. The second kappa shape index (κ2) is 6.97. The number of aliphatic hydroxyl groups is 1. The maximum atomic E-state index is 9.84. The van der Waals surface area contributed by atoms with E-state index >= 15 is 0 Å². The molecule has 0 unspecified atom stereocenters. The molecule has 1 aliphatic rings. The third kappa shape index (κ3) is 3.69. The summed E-state index contributed by atoms with van der Waals surface area (Å²) in [5.41, 5.74) is 0.896. The van der Waals surface area contributed by atoms with Gasteiger partial charge in [0.1, 0.15) is 5.75 Å².